The van der Waals surface area contributed by atoms with Crippen LogP contribution < -0.4 is 0 Å². The van der Waals surface area contributed by atoms with Crippen LogP contribution in [0.1, 0.15) is 18.9 Å². The summed E-state index contributed by atoms with van der Waals surface area (Å²) < 4.78 is 0. The minimum Gasteiger partial charge on any atom is -0.396 e. The van der Waals surface area contributed by atoms with Crippen molar-refractivity contribution in [1.82, 2.24) is 0 Å². The summed E-state index contributed by atoms with van der Waals surface area (Å²) in [7, 11) is 0. The molecule has 2 aliphatic carbocycles. The molecule has 2 aliphatic rings. The van der Waals surface area contributed by atoms with Gasteiger partial charge in [-0.25, -0.2) is 0 Å². The summed E-state index contributed by atoms with van der Waals surface area (Å²) in [6, 6.07) is 9.83. The van der Waals surface area contributed by atoms with Gasteiger partial charge in [0.15, 0.2) is 0 Å². The van der Waals surface area contributed by atoms with Crippen molar-refractivity contribution in [3.05, 3.63) is 48.0 Å². The maximum atomic E-state index is 11.0. The van der Waals surface area contributed by atoms with Crippen LogP contribution >= 0.6 is 0 Å². The van der Waals surface area contributed by atoms with Crippen molar-refractivity contribution in [1.29, 1.82) is 0 Å². The van der Waals surface area contributed by atoms with Gasteiger partial charge in [-0.2, -0.15) is 0 Å². The molecule has 5 atom stereocenters. The Morgan fingerprint density at radius 2 is 1.83 bits per heavy atom. The van der Waals surface area contributed by atoms with Crippen LogP contribution in [0, 0.1) is 23.7 Å². The highest BCUT2D eigenvalue weighted by Crippen LogP contribution is 2.54. The first-order chi connectivity index (χ1) is 8.64. The van der Waals surface area contributed by atoms with Gasteiger partial charge in [-0.1, -0.05) is 42.5 Å². The molecule has 96 valence electrons. The van der Waals surface area contributed by atoms with Crippen molar-refractivity contribution < 1.29 is 10.2 Å². The SMILES string of the molecule is C[C@](O)(c1ccccc1)[C@H]1[C@@H](CO)[C@H]2C=C[C@@H]1C2. The third-order valence-electron chi connectivity index (χ3n) is 4.84. The highest BCUT2D eigenvalue weighted by Gasteiger charge is 2.52. The van der Waals surface area contributed by atoms with E-state index in [1.54, 1.807) is 0 Å². The fraction of sp³-hybridized carbons (Fsp3) is 0.500. The molecule has 0 radical (unpaired) electrons. The summed E-state index contributed by atoms with van der Waals surface area (Å²) in [4.78, 5) is 0. The van der Waals surface area contributed by atoms with E-state index in [0.29, 0.717) is 11.8 Å². The Morgan fingerprint density at radius 1 is 1.17 bits per heavy atom. The molecule has 0 aromatic heterocycles. The third kappa shape index (κ3) is 1.63. The van der Waals surface area contributed by atoms with Crippen LogP contribution in [0.25, 0.3) is 0 Å². The van der Waals surface area contributed by atoms with Gasteiger partial charge in [0, 0.05) is 12.5 Å². The second-order valence-corrected chi connectivity index (χ2v) is 5.83. The molecule has 18 heavy (non-hydrogen) atoms. The number of allylic oxidation sites excluding steroid dienone is 2. The van der Waals surface area contributed by atoms with E-state index in [4.69, 9.17) is 0 Å². The lowest BCUT2D eigenvalue weighted by Gasteiger charge is -2.39. The van der Waals surface area contributed by atoms with E-state index in [1.807, 2.05) is 37.3 Å². The van der Waals surface area contributed by atoms with E-state index in [2.05, 4.69) is 12.2 Å². The van der Waals surface area contributed by atoms with Crippen LogP contribution in [0.3, 0.4) is 0 Å². The van der Waals surface area contributed by atoms with E-state index in [1.165, 1.54) is 0 Å². The predicted molar refractivity (Wildman–Crippen MR) is 70.8 cm³/mol. The first-order valence-corrected chi connectivity index (χ1v) is 6.71. The summed E-state index contributed by atoms with van der Waals surface area (Å²) in [5.74, 6) is 1.16. The van der Waals surface area contributed by atoms with Crippen molar-refractivity contribution in [2.24, 2.45) is 23.7 Å². The van der Waals surface area contributed by atoms with Crippen molar-refractivity contribution in [2.75, 3.05) is 6.61 Å². The molecule has 0 heterocycles. The van der Waals surface area contributed by atoms with E-state index in [0.717, 1.165) is 12.0 Å². The molecule has 1 fully saturated rings. The quantitative estimate of drug-likeness (QED) is 0.801. The molecule has 2 heteroatoms. The van der Waals surface area contributed by atoms with Gasteiger partial charge in [-0.05, 0) is 36.7 Å². The van der Waals surface area contributed by atoms with E-state index >= 15 is 0 Å². The van der Waals surface area contributed by atoms with Crippen LogP contribution in [0.5, 0.6) is 0 Å². The molecule has 2 bridgehead atoms. The predicted octanol–water partition coefficient (Wildman–Crippen LogP) is 2.32. The highest BCUT2D eigenvalue weighted by molar-refractivity contribution is 5.27. The topological polar surface area (TPSA) is 40.5 Å². The number of aliphatic hydroxyl groups is 2. The largest absolute Gasteiger partial charge is 0.396 e. The third-order valence-corrected chi connectivity index (χ3v) is 4.84. The molecule has 3 rings (SSSR count). The van der Waals surface area contributed by atoms with Crippen LogP contribution in [-0.4, -0.2) is 16.8 Å². The second-order valence-electron chi connectivity index (χ2n) is 5.83. The van der Waals surface area contributed by atoms with Crippen LogP contribution in [0.2, 0.25) is 0 Å². The smallest absolute Gasteiger partial charge is 0.0905 e. The maximum absolute atomic E-state index is 11.0. The first-order valence-electron chi connectivity index (χ1n) is 6.71. The summed E-state index contributed by atoms with van der Waals surface area (Å²) in [5.41, 5.74) is 0.0909. The fourth-order valence-corrected chi connectivity index (χ4v) is 3.98. The Kier molecular flexibility index (Phi) is 2.80. The number of rotatable bonds is 3. The van der Waals surface area contributed by atoms with Gasteiger partial charge in [0.1, 0.15) is 0 Å². The zero-order valence-electron chi connectivity index (χ0n) is 10.7. The van der Waals surface area contributed by atoms with Gasteiger partial charge < -0.3 is 10.2 Å². The average molecular weight is 244 g/mol. The number of hydrogen-bond acceptors (Lipinski definition) is 2. The minimum absolute atomic E-state index is 0.125. The summed E-state index contributed by atoms with van der Waals surface area (Å²) in [6.45, 7) is 2.06. The molecule has 0 unspecified atom stereocenters. The van der Waals surface area contributed by atoms with Gasteiger partial charge >= 0.3 is 0 Å². The molecule has 1 aromatic carbocycles. The van der Waals surface area contributed by atoms with E-state index in [-0.39, 0.29) is 18.4 Å². The van der Waals surface area contributed by atoms with Crippen LogP contribution in [0.15, 0.2) is 42.5 Å². The summed E-state index contributed by atoms with van der Waals surface area (Å²) >= 11 is 0. The summed E-state index contributed by atoms with van der Waals surface area (Å²) in [5, 5.41) is 20.6. The Bertz CT molecular complexity index is 449. The molecule has 2 nitrogen and oxygen atoms in total. The zero-order valence-corrected chi connectivity index (χ0v) is 10.7. The molecule has 2 N–H and O–H groups in total. The normalized spacial score (nSPS) is 36.8. The zero-order chi connectivity index (χ0) is 12.8. The number of benzene rings is 1. The monoisotopic (exact) mass is 244 g/mol. The molecule has 0 saturated heterocycles. The van der Waals surface area contributed by atoms with Gasteiger partial charge in [0.2, 0.25) is 0 Å². The Balaban J connectivity index is 1.96. The number of hydrogen-bond donors (Lipinski definition) is 2. The molecule has 0 amide bonds. The number of fused-ring (bicyclic) bond motifs is 2. The number of aliphatic hydroxyl groups excluding tert-OH is 1. The summed E-state index contributed by atoms with van der Waals surface area (Å²) in [6.07, 6.45) is 5.51. The lowest BCUT2D eigenvalue weighted by Crippen LogP contribution is -2.40. The lowest BCUT2D eigenvalue weighted by atomic mass is 9.70. The first kappa shape index (κ1) is 11.9. The molecular weight excluding hydrogens is 224 g/mol. The van der Waals surface area contributed by atoms with Crippen molar-refractivity contribution in [3.63, 3.8) is 0 Å². The van der Waals surface area contributed by atoms with Gasteiger partial charge in [0.05, 0.1) is 5.60 Å². The van der Waals surface area contributed by atoms with E-state index < -0.39 is 5.60 Å². The Hall–Kier alpha value is -1.12. The highest BCUT2D eigenvalue weighted by atomic mass is 16.3. The van der Waals surface area contributed by atoms with Crippen LogP contribution in [-0.2, 0) is 5.60 Å². The molecule has 0 aliphatic heterocycles. The van der Waals surface area contributed by atoms with Gasteiger partial charge in [0.25, 0.3) is 0 Å². The lowest BCUT2D eigenvalue weighted by molar-refractivity contribution is -0.0489. The molecular formula is C16H20O2. The van der Waals surface area contributed by atoms with Crippen LogP contribution in [0.4, 0.5) is 0 Å². The minimum atomic E-state index is -0.862. The fourth-order valence-electron chi connectivity index (χ4n) is 3.98. The van der Waals surface area contributed by atoms with Crippen molar-refractivity contribution >= 4 is 0 Å². The Morgan fingerprint density at radius 3 is 2.50 bits per heavy atom. The van der Waals surface area contributed by atoms with Gasteiger partial charge in [-0.3, -0.25) is 0 Å². The molecule has 0 spiro atoms. The van der Waals surface area contributed by atoms with Gasteiger partial charge in [-0.15, -0.1) is 0 Å². The Labute approximate surface area is 108 Å². The van der Waals surface area contributed by atoms with E-state index in [9.17, 15) is 10.2 Å². The standard InChI is InChI=1S/C16H20O2/c1-16(18,13-5-3-2-4-6-13)15-12-8-7-11(9-12)14(15)10-17/h2-8,11-12,14-15,17-18H,9-10H2,1H3/t11-,12+,14-,15+,16-/m0/s1. The molecule has 1 saturated carbocycles. The van der Waals surface area contributed by atoms with Crippen molar-refractivity contribution in [3.8, 4) is 0 Å². The second kappa shape index (κ2) is 4.22. The molecule has 1 aromatic rings. The maximum Gasteiger partial charge on any atom is 0.0905 e. The van der Waals surface area contributed by atoms with Crippen molar-refractivity contribution in [2.45, 2.75) is 18.9 Å². The average Bonchev–Trinajstić information content (AvgIpc) is 2.99.